The van der Waals surface area contributed by atoms with Crippen molar-refractivity contribution in [1.29, 1.82) is 0 Å². The second kappa shape index (κ2) is 7.06. The Morgan fingerprint density at radius 1 is 1.33 bits per heavy atom. The first-order valence-corrected chi connectivity index (χ1v) is 11.0. The van der Waals surface area contributed by atoms with Crippen molar-refractivity contribution >= 4 is 38.3 Å². The van der Waals surface area contributed by atoms with Gasteiger partial charge in [-0.05, 0) is 36.4 Å². The van der Waals surface area contributed by atoms with E-state index in [0.717, 1.165) is 45.3 Å². The van der Waals surface area contributed by atoms with E-state index in [9.17, 15) is 13.2 Å². The highest BCUT2D eigenvalue weighted by atomic mass is 32.2. The second-order valence-electron chi connectivity index (χ2n) is 6.58. The standard InChI is InChI=1S/C18H20N4O3S2/c1-21(27(24,25)17-9-5-11-26-17)12-16(23)22-10-4-8-15(22)18-19-13-6-2-3-7-14(13)20-18/h2-3,5-7,9,11,15H,4,8,10,12H2,1H3,(H,19,20). The van der Waals surface area contributed by atoms with E-state index in [1.54, 1.807) is 22.4 Å². The Hall–Kier alpha value is -2.23. The number of imidazole rings is 1. The Balaban J connectivity index is 1.52. The minimum atomic E-state index is -3.64. The van der Waals surface area contributed by atoms with Crippen LogP contribution in [0, 0.1) is 0 Å². The zero-order valence-corrected chi connectivity index (χ0v) is 16.5. The summed E-state index contributed by atoms with van der Waals surface area (Å²) in [6.45, 7) is 0.421. The maximum Gasteiger partial charge on any atom is 0.252 e. The number of sulfonamides is 1. The van der Waals surface area contributed by atoms with E-state index in [2.05, 4.69) is 9.97 Å². The van der Waals surface area contributed by atoms with Crippen molar-refractivity contribution in [1.82, 2.24) is 19.2 Å². The van der Waals surface area contributed by atoms with Crippen LogP contribution in [-0.2, 0) is 14.8 Å². The predicted molar refractivity (Wildman–Crippen MR) is 104 cm³/mol. The fraction of sp³-hybridized carbons (Fsp3) is 0.333. The zero-order valence-electron chi connectivity index (χ0n) is 14.8. The molecule has 142 valence electrons. The number of para-hydroxylation sites is 2. The summed E-state index contributed by atoms with van der Waals surface area (Å²) < 4.78 is 26.5. The van der Waals surface area contributed by atoms with Gasteiger partial charge in [0.15, 0.2) is 0 Å². The number of likely N-dealkylation sites (N-methyl/N-ethyl adjacent to an activating group) is 1. The fourth-order valence-electron chi connectivity index (χ4n) is 3.41. The van der Waals surface area contributed by atoms with Crippen LogP contribution < -0.4 is 0 Å². The number of carbonyl (C=O) groups excluding carboxylic acids is 1. The molecular weight excluding hydrogens is 384 g/mol. The van der Waals surface area contributed by atoms with Crippen LogP contribution in [0.3, 0.4) is 0 Å². The van der Waals surface area contributed by atoms with Crippen molar-refractivity contribution < 1.29 is 13.2 Å². The number of likely N-dealkylation sites (tertiary alicyclic amines) is 1. The number of hydrogen-bond donors (Lipinski definition) is 1. The van der Waals surface area contributed by atoms with Crippen molar-refractivity contribution in [3.8, 4) is 0 Å². The Labute approximate surface area is 161 Å². The fourth-order valence-corrected chi connectivity index (χ4v) is 5.73. The number of aromatic amines is 1. The van der Waals surface area contributed by atoms with Gasteiger partial charge in [0.2, 0.25) is 5.91 Å². The minimum absolute atomic E-state index is 0.150. The number of aromatic nitrogens is 2. The van der Waals surface area contributed by atoms with Gasteiger partial charge in [0.05, 0.1) is 23.6 Å². The van der Waals surface area contributed by atoms with Crippen molar-refractivity contribution in [2.45, 2.75) is 23.1 Å². The molecule has 1 saturated heterocycles. The number of nitrogens with zero attached hydrogens (tertiary/aromatic N) is 3. The lowest BCUT2D eigenvalue weighted by Gasteiger charge is -2.25. The number of carbonyl (C=O) groups is 1. The predicted octanol–water partition coefficient (Wildman–Crippen LogP) is 2.61. The summed E-state index contributed by atoms with van der Waals surface area (Å²) in [7, 11) is -2.20. The van der Waals surface area contributed by atoms with Gasteiger partial charge in [-0.2, -0.15) is 4.31 Å². The van der Waals surface area contributed by atoms with Crippen LogP contribution in [0.5, 0.6) is 0 Å². The van der Waals surface area contributed by atoms with Crippen LogP contribution in [0.4, 0.5) is 0 Å². The minimum Gasteiger partial charge on any atom is -0.340 e. The van der Waals surface area contributed by atoms with E-state index >= 15 is 0 Å². The van der Waals surface area contributed by atoms with Crippen LogP contribution >= 0.6 is 11.3 Å². The van der Waals surface area contributed by atoms with Crippen molar-refractivity contribution in [2.24, 2.45) is 0 Å². The lowest BCUT2D eigenvalue weighted by Crippen LogP contribution is -2.40. The lowest BCUT2D eigenvalue weighted by molar-refractivity contribution is -0.132. The molecule has 0 bridgehead atoms. The highest BCUT2D eigenvalue weighted by molar-refractivity contribution is 7.91. The van der Waals surface area contributed by atoms with Gasteiger partial charge >= 0.3 is 0 Å². The largest absolute Gasteiger partial charge is 0.340 e. The molecule has 0 spiro atoms. The van der Waals surface area contributed by atoms with Crippen LogP contribution in [0.1, 0.15) is 24.7 Å². The van der Waals surface area contributed by atoms with E-state index in [4.69, 9.17) is 0 Å². The molecule has 4 rings (SSSR count). The maximum atomic E-state index is 12.9. The molecule has 27 heavy (non-hydrogen) atoms. The molecule has 7 nitrogen and oxygen atoms in total. The van der Waals surface area contributed by atoms with Crippen LogP contribution in [0.25, 0.3) is 11.0 Å². The van der Waals surface area contributed by atoms with E-state index in [1.807, 2.05) is 24.3 Å². The highest BCUT2D eigenvalue weighted by Gasteiger charge is 2.34. The molecular formula is C18H20N4O3S2. The number of nitrogens with one attached hydrogen (secondary N) is 1. The summed E-state index contributed by atoms with van der Waals surface area (Å²) >= 11 is 1.15. The van der Waals surface area contributed by atoms with Gasteiger partial charge in [-0.1, -0.05) is 18.2 Å². The summed E-state index contributed by atoms with van der Waals surface area (Å²) in [5, 5.41) is 1.71. The molecule has 0 radical (unpaired) electrons. The molecule has 0 saturated carbocycles. The van der Waals surface area contributed by atoms with Gasteiger partial charge < -0.3 is 9.88 Å². The van der Waals surface area contributed by atoms with Gasteiger partial charge in [0.25, 0.3) is 10.0 Å². The Bertz CT molecular complexity index is 1030. The monoisotopic (exact) mass is 404 g/mol. The molecule has 1 aliphatic heterocycles. The summed E-state index contributed by atoms with van der Waals surface area (Å²) in [5.74, 6) is 0.548. The molecule has 3 heterocycles. The van der Waals surface area contributed by atoms with E-state index in [1.165, 1.54) is 7.05 Å². The molecule has 1 amide bonds. The highest BCUT2D eigenvalue weighted by Crippen LogP contribution is 2.31. The Kier molecular flexibility index (Phi) is 4.75. The third-order valence-electron chi connectivity index (χ3n) is 4.81. The smallest absolute Gasteiger partial charge is 0.252 e. The molecule has 1 aromatic carbocycles. The van der Waals surface area contributed by atoms with Gasteiger partial charge in [-0.25, -0.2) is 13.4 Å². The topological polar surface area (TPSA) is 86.4 Å². The quantitative estimate of drug-likeness (QED) is 0.708. The summed E-state index contributed by atoms with van der Waals surface area (Å²) in [5.41, 5.74) is 1.80. The molecule has 1 unspecified atom stereocenters. The van der Waals surface area contributed by atoms with Crippen molar-refractivity contribution in [2.75, 3.05) is 20.1 Å². The van der Waals surface area contributed by atoms with Crippen LogP contribution in [-0.4, -0.2) is 53.6 Å². The third kappa shape index (κ3) is 3.38. The van der Waals surface area contributed by atoms with E-state index < -0.39 is 10.0 Å². The Morgan fingerprint density at radius 3 is 2.89 bits per heavy atom. The first-order valence-electron chi connectivity index (χ1n) is 8.71. The number of amides is 1. The second-order valence-corrected chi connectivity index (χ2v) is 9.80. The van der Waals surface area contributed by atoms with Gasteiger partial charge in [0.1, 0.15) is 10.0 Å². The molecule has 1 atom stereocenters. The van der Waals surface area contributed by atoms with Gasteiger partial charge in [-0.15, -0.1) is 11.3 Å². The zero-order chi connectivity index (χ0) is 19.0. The molecule has 2 aromatic heterocycles. The molecule has 9 heteroatoms. The first-order chi connectivity index (χ1) is 13.0. The number of hydrogen-bond acceptors (Lipinski definition) is 5. The first kappa shape index (κ1) is 18.1. The Morgan fingerprint density at radius 2 is 2.15 bits per heavy atom. The van der Waals surface area contributed by atoms with E-state index in [0.29, 0.717) is 6.54 Å². The number of thiophene rings is 1. The molecule has 1 N–H and O–H groups in total. The molecule has 0 aliphatic carbocycles. The summed E-state index contributed by atoms with van der Waals surface area (Å²) in [6.07, 6.45) is 1.68. The average Bonchev–Trinajstić information content (AvgIpc) is 3.40. The molecule has 1 fully saturated rings. The summed E-state index contributed by atoms with van der Waals surface area (Å²) in [4.78, 5) is 22.5. The van der Waals surface area contributed by atoms with Gasteiger partial charge in [-0.3, -0.25) is 4.79 Å². The van der Waals surface area contributed by atoms with Crippen molar-refractivity contribution in [3.05, 3.63) is 47.6 Å². The van der Waals surface area contributed by atoms with Crippen molar-refractivity contribution in [3.63, 3.8) is 0 Å². The van der Waals surface area contributed by atoms with Gasteiger partial charge in [0, 0.05) is 13.6 Å². The number of rotatable bonds is 5. The molecule has 3 aromatic rings. The maximum absolute atomic E-state index is 12.9. The summed E-state index contributed by atoms with van der Waals surface area (Å²) in [6, 6.07) is 10.8. The third-order valence-corrected chi connectivity index (χ3v) is 7.99. The lowest BCUT2D eigenvalue weighted by atomic mass is 10.2. The SMILES string of the molecule is CN(CC(=O)N1CCCC1c1nc2ccccc2[nH]1)S(=O)(=O)c1cccs1. The molecule has 1 aliphatic rings. The number of H-pyrrole nitrogens is 1. The average molecular weight is 405 g/mol. The van der Waals surface area contributed by atoms with Crippen LogP contribution in [0.2, 0.25) is 0 Å². The van der Waals surface area contributed by atoms with E-state index in [-0.39, 0.29) is 22.7 Å². The normalized spacial score (nSPS) is 17.9. The number of benzene rings is 1. The van der Waals surface area contributed by atoms with Crippen LogP contribution in [0.15, 0.2) is 46.0 Å². The number of fused-ring (bicyclic) bond motifs is 1.